The Morgan fingerprint density at radius 2 is 2.24 bits per heavy atom. The van der Waals surface area contributed by atoms with Crippen LogP contribution in [-0.2, 0) is 0 Å². The van der Waals surface area contributed by atoms with Crippen molar-refractivity contribution in [3.8, 4) is 0 Å². The first kappa shape index (κ1) is 12.2. The number of benzene rings is 1. The van der Waals surface area contributed by atoms with E-state index in [2.05, 4.69) is 0 Å². The summed E-state index contributed by atoms with van der Waals surface area (Å²) in [4.78, 5) is 0. The fourth-order valence-electron chi connectivity index (χ4n) is 1.69. The Kier molecular flexibility index (Phi) is 3.57. The number of hydrogen-bond acceptors (Lipinski definition) is 4. The summed E-state index contributed by atoms with van der Waals surface area (Å²) in [6.07, 6.45) is 3.87. The number of aliphatic hydroxyl groups excluding tert-OH is 1. The van der Waals surface area contributed by atoms with Crippen LogP contribution in [0.4, 0.5) is 5.69 Å². The van der Waals surface area contributed by atoms with Gasteiger partial charge in [-0.3, -0.25) is 5.01 Å². The average molecular weight is 254 g/mol. The quantitative estimate of drug-likeness (QED) is 0.564. The van der Waals surface area contributed by atoms with Crippen LogP contribution in [0.2, 0.25) is 5.02 Å². The molecule has 0 spiro atoms. The largest absolute Gasteiger partial charge is 0.399 e. The van der Waals surface area contributed by atoms with Crippen molar-refractivity contribution in [2.75, 3.05) is 11.6 Å². The summed E-state index contributed by atoms with van der Waals surface area (Å²) in [5.74, 6) is 6.40. The minimum absolute atomic E-state index is 0.212. The first-order chi connectivity index (χ1) is 8.11. The van der Waals surface area contributed by atoms with Gasteiger partial charge in [0.25, 0.3) is 0 Å². The van der Waals surface area contributed by atoms with Gasteiger partial charge in [0.15, 0.2) is 0 Å². The second-order valence-electron chi connectivity index (χ2n) is 4.25. The summed E-state index contributed by atoms with van der Waals surface area (Å²) in [6, 6.07) is 5.64. The van der Waals surface area contributed by atoms with Gasteiger partial charge in [0, 0.05) is 11.2 Å². The summed E-state index contributed by atoms with van der Waals surface area (Å²) in [7, 11) is 0. The highest BCUT2D eigenvalue weighted by Crippen LogP contribution is 2.44. The van der Waals surface area contributed by atoms with Crippen molar-refractivity contribution in [2.45, 2.75) is 18.8 Å². The van der Waals surface area contributed by atoms with Crippen LogP contribution in [-0.4, -0.2) is 11.7 Å². The molecule has 1 aliphatic carbocycles. The van der Waals surface area contributed by atoms with Gasteiger partial charge in [-0.2, -0.15) is 0 Å². The molecule has 5 N–H and O–H groups in total. The van der Waals surface area contributed by atoms with Crippen molar-refractivity contribution < 1.29 is 5.11 Å². The maximum atomic E-state index is 8.83. The summed E-state index contributed by atoms with van der Waals surface area (Å²) in [6.45, 7) is -0.212. The van der Waals surface area contributed by atoms with Crippen molar-refractivity contribution in [2.24, 2.45) is 11.6 Å². The van der Waals surface area contributed by atoms with Crippen molar-refractivity contribution in [3.05, 3.63) is 40.7 Å². The zero-order valence-corrected chi connectivity index (χ0v) is 10.2. The molecule has 0 atom stereocenters. The van der Waals surface area contributed by atoms with Crippen LogP contribution < -0.4 is 16.6 Å². The Balaban J connectivity index is 2.23. The molecule has 0 unspecified atom stereocenters. The second kappa shape index (κ2) is 4.96. The van der Waals surface area contributed by atoms with E-state index in [-0.39, 0.29) is 6.61 Å². The highest BCUT2D eigenvalue weighted by molar-refractivity contribution is 6.31. The molecule has 2 rings (SSSR count). The van der Waals surface area contributed by atoms with Crippen molar-refractivity contribution in [1.29, 1.82) is 0 Å². The molecule has 0 aliphatic heterocycles. The van der Waals surface area contributed by atoms with Gasteiger partial charge in [0.05, 0.1) is 18.0 Å². The second-order valence-corrected chi connectivity index (χ2v) is 4.66. The third kappa shape index (κ3) is 2.91. The Bertz CT molecular complexity index is 443. The van der Waals surface area contributed by atoms with Crippen molar-refractivity contribution in [1.82, 2.24) is 0 Å². The molecule has 92 valence electrons. The van der Waals surface area contributed by atoms with Crippen LogP contribution >= 0.6 is 11.6 Å². The Morgan fingerprint density at radius 3 is 2.82 bits per heavy atom. The van der Waals surface area contributed by atoms with Crippen LogP contribution in [0.15, 0.2) is 30.1 Å². The average Bonchev–Trinajstić information content (AvgIpc) is 3.13. The number of hydrazine groups is 1. The van der Waals surface area contributed by atoms with Gasteiger partial charge in [-0.25, -0.2) is 5.84 Å². The molecule has 1 aromatic rings. The first-order valence-electron chi connectivity index (χ1n) is 5.52. The molecule has 1 aromatic carbocycles. The highest BCUT2D eigenvalue weighted by Gasteiger charge is 2.26. The molecule has 0 saturated heterocycles. The lowest BCUT2D eigenvalue weighted by Gasteiger charge is -2.16. The van der Waals surface area contributed by atoms with E-state index in [1.807, 2.05) is 18.2 Å². The van der Waals surface area contributed by atoms with E-state index in [1.165, 1.54) is 24.1 Å². The maximum Gasteiger partial charge on any atom is 0.0840 e. The van der Waals surface area contributed by atoms with Crippen LogP contribution in [0.1, 0.15) is 24.3 Å². The zero-order chi connectivity index (χ0) is 12.4. The predicted molar refractivity (Wildman–Crippen MR) is 69.4 cm³/mol. The van der Waals surface area contributed by atoms with E-state index in [0.717, 1.165) is 16.3 Å². The molecular weight excluding hydrogens is 238 g/mol. The fraction of sp³-hybridized carbons (Fsp3) is 0.333. The van der Waals surface area contributed by atoms with Gasteiger partial charge in [-0.15, -0.1) is 0 Å². The molecule has 4 nitrogen and oxygen atoms in total. The first-order valence-corrected chi connectivity index (χ1v) is 5.90. The zero-order valence-electron chi connectivity index (χ0n) is 9.44. The Morgan fingerprint density at radius 1 is 1.53 bits per heavy atom. The number of hydrogen-bond donors (Lipinski definition) is 3. The van der Waals surface area contributed by atoms with Crippen LogP contribution in [0.5, 0.6) is 0 Å². The van der Waals surface area contributed by atoms with Crippen molar-refractivity contribution in [3.63, 3.8) is 0 Å². The number of aliphatic hydroxyl groups is 1. The third-order valence-electron chi connectivity index (χ3n) is 2.78. The fourth-order valence-corrected chi connectivity index (χ4v) is 1.96. The highest BCUT2D eigenvalue weighted by atomic mass is 35.5. The van der Waals surface area contributed by atoms with E-state index in [1.54, 1.807) is 0 Å². The molecule has 1 saturated carbocycles. The molecule has 0 aromatic heterocycles. The van der Waals surface area contributed by atoms with Crippen LogP contribution in [0.25, 0.3) is 0 Å². The van der Waals surface area contributed by atoms with Gasteiger partial charge in [0.1, 0.15) is 0 Å². The Labute approximate surface area is 105 Å². The molecule has 1 fully saturated rings. The van der Waals surface area contributed by atoms with E-state index in [4.69, 9.17) is 28.3 Å². The number of halogens is 1. The molecule has 0 radical (unpaired) electrons. The SMILES string of the molecule is N/C(=C\N(N)c1ccc(Cl)c(C2CC2)c1)CO. The standard InChI is InChI=1S/C12H16ClN3O/c13-12-4-3-10(5-11(12)8-1-2-8)16(15)6-9(14)7-17/h3-6,8,17H,1-2,7,14-15H2/b9-6-. The minimum atomic E-state index is -0.212. The summed E-state index contributed by atoms with van der Waals surface area (Å²) in [5.41, 5.74) is 7.78. The van der Waals surface area contributed by atoms with E-state index in [0.29, 0.717) is 11.6 Å². The van der Waals surface area contributed by atoms with E-state index >= 15 is 0 Å². The number of nitrogens with zero attached hydrogens (tertiary/aromatic N) is 1. The Hall–Kier alpha value is -1.23. The maximum absolute atomic E-state index is 8.83. The number of nitrogens with two attached hydrogens (primary N) is 2. The number of anilines is 1. The van der Waals surface area contributed by atoms with Crippen LogP contribution in [0.3, 0.4) is 0 Å². The smallest absolute Gasteiger partial charge is 0.0840 e. The molecule has 0 amide bonds. The number of rotatable bonds is 4. The predicted octanol–water partition coefficient (Wildman–Crippen LogP) is 1.69. The van der Waals surface area contributed by atoms with Crippen molar-refractivity contribution >= 4 is 17.3 Å². The molecular formula is C12H16ClN3O. The monoisotopic (exact) mass is 253 g/mol. The molecule has 0 heterocycles. The lowest BCUT2D eigenvalue weighted by atomic mass is 10.1. The summed E-state index contributed by atoms with van der Waals surface area (Å²) >= 11 is 6.13. The lowest BCUT2D eigenvalue weighted by molar-refractivity contribution is 0.329. The van der Waals surface area contributed by atoms with Gasteiger partial charge >= 0.3 is 0 Å². The summed E-state index contributed by atoms with van der Waals surface area (Å²) < 4.78 is 0. The molecule has 17 heavy (non-hydrogen) atoms. The van der Waals surface area contributed by atoms with Gasteiger partial charge in [0.2, 0.25) is 0 Å². The molecule has 5 heteroatoms. The topological polar surface area (TPSA) is 75.5 Å². The van der Waals surface area contributed by atoms with Gasteiger partial charge in [-0.05, 0) is 42.5 Å². The van der Waals surface area contributed by atoms with Crippen LogP contribution in [0, 0.1) is 0 Å². The lowest BCUT2D eigenvalue weighted by Crippen LogP contribution is -2.26. The van der Waals surface area contributed by atoms with E-state index < -0.39 is 0 Å². The summed E-state index contributed by atoms with van der Waals surface area (Å²) in [5, 5.41) is 11.0. The van der Waals surface area contributed by atoms with Gasteiger partial charge in [-0.1, -0.05) is 11.6 Å². The third-order valence-corrected chi connectivity index (χ3v) is 3.13. The minimum Gasteiger partial charge on any atom is -0.399 e. The molecule has 0 bridgehead atoms. The van der Waals surface area contributed by atoms with E-state index in [9.17, 15) is 0 Å². The molecule has 1 aliphatic rings. The normalized spacial score (nSPS) is 16.1. The van der Waals surface area contributed by atoms with Gasteiger partial charge < -0.3 is 10.8 Å².